The van der Waals surface area contributed by atoms with Gasteiger partial charge in [0.05, 0.1) is 18.9 Å². The summed E-state index contributed by atoms with van der Waals surface area (Å²) < 4.78 is 5.34. The monoisotopic (exact) mass is 370 g/mol. The van der Waals surface area contributed by atoms with Crippen LogP contribution in [0.25, 0.3) is 0 Å². The van der Waals surface area contributed by atoms with E-state index in [0.29, 0.717) is 13.0 Å². The highest BCUT2D eigenvalue weighted by Crippen LogP contribution is 2.18. The number of rotatable bonds is 19. The largest absolute Gasteiger partial charge is 0.481 e. The Hall–Kier alpha value is -1.06. The number of carboxylic acids is 1. The van der Waals surface area contributed by atoms with Gasteiger partial charge in [-0.25, -0.2) is 0 Å². The Morgan fingerprint density at radius 3 is 1.69 bits per heavy atom. The molecule has 0 amide bonds. The molecule has 0 saturated carbocycles. The van der Waals surface area contributed by atoms with Crippen LogP contribution in [0.2, 0.25) is 0 Å². The SMILES string of the molecule is CCCCCCCCCOC(=O)C(CCCCCCCCC)CC(=O)O. The smallest absolute Gasteiger partial charge is 0.309 e. The average Bonchev–Trinajstić information content (AvgIpc) is 2.61. The maximum Gasteiger partial charge on any atom is 0.309 e. The summed E-state index contributed by atoms with van der Waals surface area (Å²) in [5.41, 5.74) is 0. The zero-order valence-corrected chi connectivity index (χ0v) is 17.3. The van der Waals surface area contributed by atoms with E-state index in [9.17, 15) is 9.59 Å². The molecule has 0 aliphatic carbocycles. The summed E-state index contributed by atoms with van der Waals surface area (Å²) in [6, 6.07) is 0. The minimum Gasteiger partial charge on any atom is -0.481 e. The molecule has 0 aromatic carbocycles. The minimum absolute atomic E-state index is 0.105. The van der Waals surface area contributed by atoms with Crippen molar-refractivity contribution in [2.24, 2.45) is 5.92 Å². The van der Waals surface area contributed by atoms with Gasteiger partial charge >= 0.3 is 11.9 Å². The fraction of sp³-hybridized carbons (Fsp3) is 0.909. The van der Waals surface area contributed by atoms with Crippen molar-refractivity contribution in [2.45, 2.75) is 117 Å². The molecular weight excluding hydrogens is 328 g/mol. The Bertz CT molecular complexity index is 341. The maximum atomic E-state index is 12.2. The first-order chi connectivity index (χ1) is 12.6. The molecule has 0 rings (SSSR count). The van der Waals surface area contributed by atoms with Crippen molar-refractivity contribution in [3.63, 3.8) is 0 Å². The zero-order valence-electron chi connectivity index (χ0n) is 17.3. The van der Waals surface area contributed by atoms with Crippen LogP contribution in [-0.2, 0) is 14.3 Å². The van der Waals surface area contributed by atoms with Gasteiger partial charge in [0.25, 0.3) is 0 Å². The molecular formula is C22H42O4. The molecule has 0 aliphatic rings. The van der Waals surface area contributed by atoms with Crippen molar-refractivity contribution in [3.8, 4) is 0 Å². The number of carboxylic acid groups (broad SMARTS) is 1. The van der Waals surface area contributed by atoms with Gasteiger partial charge in [-0.3, -0.25) is 9.59 Å². The van der Waals surface area contributed by atoms with Crippen LogP contribution in [0.4, 0.5) is 0 Å². The van der Waals surface area contributed by atoms with Gasteiger partial charge in [-0.15, -0.1) is 0 Å². The van der Waals surface area contributed by atoms with E-state index in [1.54, 1.807) is 0 Å². The summed E-state index contributed by atoms with van der Waals surface area (Å²) in [7, 11) is 0. The Labute approximate surface area is 161 Å². The highest BCUT2D eigenvalue weighted by atomic mass is 16.5. The van der Waals surface area contributed by atoms with Crippen LogP contribution in [0.5, 0.6) is 0 Å². The Balaban J connectivity index is 3.84. The Morgan fingerprint density at radius 1 is 0.731 bits per heavy atom. The van der Waals surface area contributed by atoms with Crippen molar-refractivity contribution >= 4 is 11.9 Å². The number of aliphatic carboxylic acids is 1. The zero-order chi connectivity index (χ0) is 19.5. The lowest BCUT2D eigenvalue weighted by molar-refractivity contribution is -0.153. The molecule has 4 heteroatoms. The molecule has 1 N–H and O–H groups in total. The lowest BCUT2D eigenvalue weighted by Gasteiger charge is -2.14. The molecule has 0 radical (unpaired) electrons. The molecule has 154 valence electrons. The maximum absolute atomic E-state index is 12.2. The predicted molar refractivity (Wildman–Crippen MR) is 107 cm³/mol. The van der Waals surface area contributed by atoms with E-state index in [0.717, 1.165) is 25.7 Å². The molecule has 0 saturated heterocycles. The fourth-order valence-electron chi connectivity index (χ4n) is 3.21. The van der Waals surface area contributed by atoms with Crippen molar-refractivity contribution in [1.82, 2.24) is 0 Å². The van der Waals surface area contributed by atoms with Crippen LogP contribution in [0, 0.1) is 5.92 Å². The molecule has 0 fully saturated rings. The molecule has 0 aromatic rings. The van der Waals surface area contributed by atoms with Gasteiger partial charge in [0.1, 0.15) is 0 Å². The average molecular weight is 371 g/mol. The second-order valence-electron chi connectivity index (χ2n) is 7.49. The molecule has 1 atom stereocenters. The minimum atomic E-state index is -0.911. The number of hydrogen-bond donors (Lipinski definition) is 1. The van der Waals surface area contributed by atoms with Crippen LogP contribution in [-0.4, -0.2) is 23.7 Å². The highest BCUT2D eigenvalue weighted by molar-refractivity contribution is 5.79. The molecule has 0 spiro atoms. The van der Waals surface area contributed by atoms with Crippen molar-refractivity contribution in [1.29, 1.82) is 0 Å². The molecule has 1 unspecified atom stereocenters. The Kier molecular flexibility index (Phi) is 18.0. The third kappa shape index (κ3) is 16.4. The summed E-state index contributed by atoms with van der Waals surface area (Å²) in [4.78, 5) is 23.2. The van der Waals surface area contributed by atoms with Gasteiger partial charge < -0.3 is 9.84 Å². The van der Waals surface area contributed by atoms with Crippen LogP contribution >= 0.6 is 0 Å². The summed E-state index contributed by atoms with van der Waals surface area (Å²) in [5.74, 6) is -1.71. The van der Waals surface area contributed by atoms with E-state index in [4.69, 9.17) is 9.84 Å². The summed E-state index contributed by atoms with van der Waals surface area (Å²) in [5, 5.41) is 9.04. The second kappa shape index (κ2) is 18.7. The quantitative estimate of drug-likeness (QED) is 0.208. The fourth-order valence-corrected chi connectivity index (χ4v) is 3.21. The van der Waals surface area contributed by atoms with Crippen LogP contribution < -0.4 is 0 Å². The lowest BCUT2D eigenvalue weighted by atomic mass is 9.97. The second-order valence-corrected chi connectivity index (χ2v) is 7.49. The first-order valence-electron chi connectivity index (χ1n) is 11.0. The van der Waals surface area contributed by atoms with Crippen molar-refractivity contribution < 1.29 is 19.4 Å². The predicted octanol–water partition coefficient (Wildman–Crippen LogP) is 6.51. The summed E-state index contributed by atoms with van der Waals surface area (Å²) in [6.07, 6.45) is 17.0. The molecule has 4 nitrogen and oxygen atoms in total. The van der Waals surface area contributed by atoms with E-state index >= 15 is 0 Å². The van der Waals surface area contributed by atoms with Crippen LogP contribution in [0.15, 0.2) is 0 Å². The third-order valence-corrected chi connectivity index (χ3v) is 4.90. The van der Waals surface area contributed by atoms with Crippen molar-refractivity contribution in [3.05, 3.63) is 0 Å². The van der Waals surface area contributed by atoms with Gasteiger partial charge in [0.15, 0.2) is 0 Å². The number of esters is 1. The number of carbonyl (C=O) groups excluding carboxylic acids is 1. The van der Waals surface area contributed by atoms with E-state index in [2.05, 4.69) is 13.8 Å². The molecule has 0 heterocycles. The highest BCUT2D eigenvalue weighted by Gasteiger charge is 2.22. The van der Waals surface area contributed by atoms with Crippen LogP contribution in [0.3, 0.4) is 0 Å². The number of unbranched alkanes of at least 4 members (excludes halogenated alkanes) is 12. The molecule has 26 heavy (non-hydrogen) atoms. The first kappa shape index (κ1) is 24.9. The molecule has 0 bridgehead atoms. The third-order valence-electron chi connectivity index (χ3n) is 4.90. The number of ether oxygens (including phenoxy) is 1. The van der Waals surface area contributed by atoms with Gasteiger partial charge in [-0.05, 0) is 12.8 Å². The van der Waals surface area contributed by atoms with Gasteiger partial charge in [-0.2, -0.15) is 0 Å². The van der Waals surface area contributed by atoms with Gasteiger partial charge in [-0.1, -0.05) is 97.3 Å². The lowest BCUT2D eigenvalue weighted by Crippen LogP contribution is -2.21. The first-order valence-corrected chi connectivity index (χ1v) is 11.0. The molecule has 0 aliphatic heterocycles. The summed E-state index contributed by atoms with van der Waals surface area (Å²) in [6.45, 7) is 4.84. The Morgan fingerprint density at radius 2 is 1.19 bits per heavy atom. The van der Waals surface area contributed by atoms with E-state index < -0.39 is 11.9 Å². The van der Waals surface area contributed by atoms with Gasteiger partial charge in [0.2, 0.25) is 0 Å². The van der Waals surface area contributed by atoms with Crippen LogP contribution in [0.1, 0.15) is 117 Å². The number of hydrogen-bond acceptors (Lipinski definition) is 3. The molecule has 0 aromatic heterocycles. The summed E-state index contributed by atoms with van der Waals surface area (Å²) >= 11 is 0. The standard InChI is InChI=1S/C22H42O4/c1-3-5-7-9-11-13-15-17-20(19-21(23)24)22(25)26-18-16-14-12-10-8-6-4-2/h20H,3-19H2,1-2H3,(H,23,24). The van der Waals surface area contributed by atoms with Crippen molar-refractivity contribution in [2.75, 3.05) is 6.61 Å². The van der Waals surface area contributed by atoms with E-state index in [1.807, 2.05) is 0 Å². The van der Waals surface area contributed by atoms with E-state index in [-0.39, 0.29) is 12.4 Å². The number of carbonyl (C=O) groups is 2. The van der Waals surface area contributed by atoms with Gasteiger partial charge in [0, 0.05) is 0 Å². The normalized spacial score (nSPS) is 12.1. The van der Waals surface area contributed by atoms with E-state index in [1.165, 1.54) is 64.2 Å². The topological polar surface area (TPSA) is 63.6 Å².